The van der Waals surface area contributed by atoms with E-state index in [1.54, 1.807) is 0 Å². The summed E-state index contributed by atoms with van der Waals surface area (Å²) in [5.74, 6) is -0.909. The van der Waals surface area contributed by atoms with Crippen molar-refractivity contribution < 1.29 is 29.6 Å². The topological polar surface area (TPSA) is 104 Å². The van der Waals surface area contributed by atoms with Crippen LogP contribution in [0.2, 0.25) is 0 Å². The number of carboxylic acids is 1. The summed E-state index contributed by atoms with van der Waals surface area (Å²) in [6, 6.07) is 0. The van der Waals surface area contributed by atoms with Crippen LogP contribution in [0.15, 0.2) is 22.8 Å². The Bertz CT molecular complexity index is 994. The molecular weight excluding hydrogens is 468 g/mol. The van der Waals surface area contributed by atoms with E-state index in [1.165, 1.54) is 6.92 Å². The van der Waals surface area contributed by atoms with Crippen molar-refractivity contribution in [3.8, 4) is 0 Å². The maximum absolute atomic E-state index is 12.6. The van der Waals surface area contributed by atoms with Crippen LogP contribution < -0.4 is 0 Å². The quantitative estimate of drug-likeness (QED) is 0.247. The van der Waals surface area contributed by atoms with Gasteiger partial charge < -0.3 is 20.1 Å². The third-order valence-electron chi connectivity index (χ3n) is 11.6. The van der Waals surface area contributed by atoms with Crippen molar-refractivity contribution in [2.24, 2.45) is 39.9 Å². The van der Waals surface area contributed by atoms with E-state index in [1.807, 2.05) is 19.9 Å². The molecule has 0 heterocycles. The molecule has 208 valence electrons. The molecular formula is C31H48O6. The Kier molecular flexibility index (Phi) is 7.53. The summed E-state index contributed by atoms with van der Waals surface area (Å²) in [5.41, 5.74) is 1.57. The van der Waals surface area contributed by atoms with Crippen molar-refractivity contribution >= 4 is 11.9 Å². The summed E-state index contributed by atoms with van der Waals surface area (Å²) in [7, 11) is 0. The lowest BCUT2D eigenvalue weighted by atomic mass is 9.36. The van der Waals surface area contributed by atoms with Gasteiger partial charge in [0, 0.05) is 12.5 Å². The van der Waals surface area contributed by atoms with Crippen LogP contribution in [0, 0.1) is 39.9 Å². The molecule has 0 aromatic rings. The minimum absolute atomic E-state index is 0.0474. The number of carbonyl (C=O) groups excluding carboxylic acids is 1. The molecule has 0 aromatic heterocycles. The number of ether oxygens (including phenoxy) is 1. The largest absolute Gasteiger partial charge is 0.478 e. The van der Waals surface area contributed by atoms with E-state index in [9.17, 15) is 24.9 Å². The minimum Gasteiger partial charge on any atom is -0.478 e. The van der Waals surface area contributed by atoms with Crippen LogP contribution in [0.25, 0.3) is 0 Å². The second kappa shape index (κ2) is 9.82. The highest BCUT2D eigenvalue weighted by Gasteiger charge is 2.70. The standard InChI is InChI=1S/C31H48O6/c1-17(2)9-8-10-20(28(35)36)26-22-15-24(34)27-29(5)13-12-23(33)18(3)21(29)11-14-30(27,6)31(22,7)16-25(26)37-19(4)32/h9,18,21-25,27,33-34H,8,10-16H2,1-7H3,(H,35,36)/b26-20-/t18-,21-,22-,23+,24+,25-,27-,29-,30-,31?/m0/s1. The molecule has 37 heavy (non-hydrogen) atoms. The van der Waals surface area contributed by atoms with Gasteiger partial charge in [0.25, 0.3) is 0 Å². The molecule has 0 amide bonds. The van der Waals surface area contributed by atoms with Crippen molar-refractivity contribution in [3.63, 3.8) is 0 Å². The molecule has 4 aliphatic rings. The highest BCUT2D eigenvalue weighted by atomic mass is 16.5. The number of aliphatic hydroxyl groups is 2. The van der Waals surface area contributed by atoms with Crippen molar-refractivity contribution in [1.29, 1.82) is 0 Å². The van der Waals surface area contributed by atoms with E-state index in [-0.39, 0.29) is 40.1 Å². The van der Waals surface area contributed by atoms with Crippen molar-refractivity contribution in [2.75, 3.05) is 0 Å². The Labute approximate surface area is 222 Å². The summed E-state index contributed by atoms with van der Waals surface area (Å²) in [4.78, 5) is 24.8. The molecule has 0 saturated heterocycles. The molecule has 0 bridgehead atoms. The number of hydrogen-bond acceptors (Lipinski definition) is 5. The van der Waals surface area contributed by atoms with Crippen molar-refractivity contribution in [1.82, 2.24) is 0 Å². The summed E-state index contributed by atoms with van der Waals surface area (Å²) in [5, 5.41) is 32.9. The molecule has 0 radical (unpaired) electrons. The Hall–Kier alpha value is -1.66. The molecule has 3 N–H and O–H groups in total. The van der Waals surface area contributed by atoms with Crippen LogP contribution >= 0.6 is 0 Å². The summed E-state index contributed by atoms with van der Waals surface area (Å²) >= 11 is 0. The smallest absolute Gasteiger partial charge is 0.331 e. The Morgan fingerprint density at radius 1 is 1.03 bits per heavy atom. The molecule has 4 saturated carbocycles. The van der Waals surface area contributed by atoms with Crippen LogP contribution in [-0.2, 0) is 14.3 Å². The molecule has 4 fully saturated rings. The fourth-order valence-electron chi connectivity index (χ4n) is 9.79. The van der Waals surface area contributed by atoms with E-state index in [0.717, 1.165) is 36.8 Å². The van der Waals surface area contributed by atoms with E-state index in [2.05, 4.69) is 27.7 Å². The average molecular weight is 517 g/mol. The minimum atomic E-state index is -0.953. The molecule has 10 atom stereocenters. The summed E-state index contributed by atoms with van der Waals surface area (Å²) < 4.78 is 5.87. The lowest BCUT2D eigenvalue weighted by molar-refractivity contribution is -0.234. The number of fused-ring (bicyclic) bond motifs is 5. The van der Waals surface area contributed by atoms with Gasteiger partial charge in [0.05, 0.1) is 12.2 Å². The molecule has 4 rings (SSSR count). The number of esters is 1. The van der Waals surface area contributed by atoms with Crippen LogP contribution in [0.4, 0.5) is 0 Å². The fraction of sp³-hybridized carbons (Fsp3) is 0.806. The van der Waals surface area contributed by atoms with Crippen LogP contribution in [0.5, 0.6) is 0 Å². The van der Waals surface area contributed by atoms with Gasteiger partial charge in [0.2, 0.25) is 0 Å². The first-order chi connectivity index (χ1) is 17.2. The Morgan fingerprint density at radius 2 is 1.70 bits per heavy atom. The van der Waals surface area contributed by atoms with Crippen LogP contribution in [-0.4, -0.2) is 45.6 Å². The van der Waals surface area contributed by atoms with Crippen molar-refractivity contribution in [3.05, 3.63) is 22.8 Å². The van der Waals surface area contributed by atoms with Gasteiger partial charge in [-0.2, -0.15) is 0 Å². The normalized spacial score (nSPS) is 46.2. The van der Waals surface area contributed by atoms with Crippen LogP contribution in [0.3, 0.4) is 0 Å². The first kappa shape index (κ1) is 28.4. The highest BCUT2D eigenvalue weighted by molar-refractivity contribution is 5.88. The molecule has 6 nitrogen and oxygen atoms in total. The zero-order chi connectivity index (χ0) is 27.5. The SMILES string of the molecule is CC(=O)O[C@H]1CC2(C)[C@@H](C[C@@H](O)[C@H]3[C@@]4(C)CC[C@@H](O)[C@@H](C)[C@@H]4CC[C@@]32C)/C1=C(\CCC=C(C)C)C(=O)O. The number of rotatable bonds is 5. The third kappa shape index (κ3) is 4.40. The molecule has 6 heteroatoms. The van der Waals surface area contributed by atoms with Gasteiger partial charge in [-0.1, -0.05) is 39.3 Å². The van der Waals surface area contributed by atoms with Gasteiger partial charge in [0.1, 0.15) is 6.10 Å². The monoisotopic (exact) mass is 516 g/mol. The van der Waals surface area contributed by atoms with Gasteiger partial charge in [-0.05, 0) is 111 Å². The number of carbonyl (C=O) groups is 2. The molecule has 1 unspecified atom stereocenters. The zero-order valence-electron chi connectivity index (χ0n) is 23.8. The zero-order valence-corrected chi connectivity index (χ0v) is 23.8. The Morgan fingerprint density at radius 3 is 2.30 bits per heavy atom. The number of aliphatic hydroxyl groups excluding tert-OH is 2. The summed E-state index contributed by atoms with van der Waals surface area (Å²) in [6.45, 7) is 14.5. The van der Waals surface area contributed by atoms with E-state index >= 15 is 0 Å². The molecule has 0 aromatic carbocycles. The molecule has 0 aliphatic heterocycles. The van der Waals surface area contributed by atoms with Gasteiger partial charge in [-0.15, -0.1) is 0 Å². The van der Waals surface area contributed by atoms with E-state index in [4.69, 9.17) is 4.74 Å². The van der Waals surface area contributed by atoms with E-state index < -0.39 is 24.1 Å². The third-order valence-corrected chi connectivity index (χ3v) is 11.6. The van der Waals surface area contributed by atoms with Gasteiger partial charge in [0.15, 0.2) is 0 Å². The molecule has 4 aliphatic carbocycles. The highest BCUT2D eigenvalue weighted by Crippen LogP contribution is 2.74. The maximum Gasteiger partial charge on any atom is 0.331 e. The first-order valence-corrected chi connectivity index (χ1v) is 14.3. The fourth-order valence-corrected chi connectivity index (χ4v) is 9.79. The van der Waals surface area contributed by atoms with Gasteiger partial charge >= 0.3 is 11.9 Å². The number of hydrogen-bond donors (Lipinski definition) is 3. The predicted octanol–water partition coefficient (Wildman–Crippen LogP) is 5.67. The second-order valence-electron chi connectivity index (χ2n) is 13.6. The number of aliphatic carboxylic acids is 1. The van der Waals surface area contributed by atoms with Crippen LogP contribution in [0.1, 0.15) is 99.8 Å². The molecule has 0 spiro atoms. The number of allylic oxidation sites excluding steroid dienone is 2. The maximum atomic E-state index is 12.6. The number of carboxylic acid groups (broad SMARTS) is 1. The van der Waals surface area contributed by atoms with E-state index in [0.29, 0.717) is 37.2 Å². The lowest BCUT2D eigenvalue weighted by Gasteiger charge is -2.69. The summed E-state index contributed by atoms with van der Waals surface area (Å²) in [6.07, 6.45) is 6.22. The first-order valence-electron chi connectivity index (χ1n) is 14.3. The average Bonchev–Trinajstić information content (AvgIpc) is 3.05. The van der Waals surface area contributed by atoms with Gasteiger partial charge in [-0.25, -0.2) is 4.79 Å². The predicted molar refractivity (Wildman–Crippen MR) is 143 cm³/mol. The lowest BCUT2D eigenvalue weighted by Crippen LogP contribution is -2.65. The Balaban J connectivity index is 1.82. The van der Waals surface area contributed by atoms with Crippen molar-refractivity contribution in [2.45, 2.75) is 118 Å². The second-order valence-corrected chi connectivity index (χ2v) is 13.6. The van der Waals surface area contributed by atoms with Gasteiger partial charge in [-0.3, -0.25) is 4.79 Å².